The van der Waals surface area contributed by atoms with E-state index in [1.165, 1.54) is 13.2 Å². The molecule has 0 spiro atoms. The van der Waals surface area contributed by atoms with Gasteiger partial charge in [0.1, 0.15) is 18.5 Å². The zero-order chi connectivity index (χ0) is 18.2. The standard InChI is InChI=1S/C20H24FNO3.BrH/c1-14(22-13-19(23)17-5-3-4-6-18(17)21)7-8-15-9-11-16(12-10-15)20(24)25-2;/h3-6,9-12,14,19,22-23H,7-8,13H2,1-2H3;1H/t14-,19+;/m1./s1. The van der Waals surface area contributed by atoms with Gasteiger partial charge in [-0.25, -0.2) is 9.18 Å². The number of nitrogens with two attached hydrogens (primary N) is 1. The number of hydrogen-bond donors (Lipinski definition) is 2. The Hall–Kier alpha value is -1.76. The summed E-state index contributed by atoms with van der Waals surface area (Å²) in [6.07, 6.45) is 0.971. The summed E-state index contributed by atoms with van der Waals surface area (Å²) < 4.78 is 18.3. The molecule has 0 saturated heterocycles. The normalized spacial score (nSPS) is 12.8. The summed E-state index contributed by atoms with van der Waals surface area (Å²) in [5, 5.41) is 12.2. The molecule has 0 aliphatic carbocycles. The summed E-state index contributed by atoms with van der Waals surface area (Å²) in [6, 6.07) is 14.0. The van der Waals surface area contributed by atoms with Crippen molar-refractivity contribution in [3.05, 3.63) is 71.0 Å². The molecule has 26 heavy (non-hydrogen) atoms. The summed E-state index contributed by atoms with van der Waals surface area (Å²) in [4.78, 5) is 11.4. The number of ether oxygens (including phenoxy) is 1. The molecule has 0 radical (unpaired) electrons. The van der Waals surface area contributed by atoms with Gasteiger partial charge in [0.2, 0.25) is 0 Å². The fourth-order valence-electron chi connectivity index (χ4n) is 2.67. The van der Waals surface area contributed by atoms with Crippen LogP contribution in [0.15, 0.2) is 48.5 Å². The lowest BCUT2D eigenvalue weighted by atomic mass is 10.0. The average molecular weight is 426 g/mol. The molecule has 3 N–H and O–H groups in total. The summed E-state index contributed by atoms with van der Waals surface area (Å²) in [5.41, 5.74) is 2.02. The lowest BCUT2D eigenvalue weighted by Gasteiger charge is -2.15. The Morgan fingerprint density at radius 2 is 1.85 bits per heavy atom. The van der Waals surface area contributed by atoms with Crippen LogP contribution in [0.3, 0.4) is 0 Å². The third kappa shape index (κ3) is 6.52. The molecule has 0 aromatic heterocycles. The van der Waals surface area contributed by atoms with Gasteiger partial charge >= 0.3 is 5.97 Å². The van der Waals surface area contributed by atoms with Crippen molar-refractivity contribution in [1.29, 1.82) is 0 Å². The zero-order valence-electron chi connectivity index (χ0n) is 15.0. The van der Waals surface area contributed by atoms with Gasteiger partial charge in [-0.2, -0.15) is 0 Å². The molecule has 2 aromatic rings. The fourth-order valence-corrected chi connectivity index (χ4v) is 2.67. The number of aliphatic hydroxyl groups is 1. The first-order valence-corrected chi connectivity index (χ1v) is 8.44. The molecule has 6 heteroatoms. The van der Waals surface area contributed by atoms with E-state index in [4.69, 9.17) is 0 Å². The van der Waals surface area contributed by atoms with Crippen LogP contribution in [0.5, 0.6) is 0 Å². The van der Waals surface area contributed by atoms with Gasteiger partial charge in [0.15, 0.2) is 0 Å². The molecule has 0 heterocycles. The molecule has 0 amide bonds. The van der Waals surface area contributed by atoms with E-state index in [0.29, 0.717) is 23.7 Å². The lowest BCUT2D eigenvalue weighted by Crippen LogP contribution is -3.00. The maximum atomic E-state index is 13.6. The van der Waals surface area contributed by atoms with E-state index in [1.807, 2.05) is 17.4 Å². The minimum atomic E-state index is -0.817. The summed E-state index contributed by atoms with van der Waals surface area (Å²) >= 11 is 0. The van der Waals surface area contributed by atoms with Crippen LogP contribution in [-0.4, -0.2) is 30.8 Å². The summed E-state index contributed by atoms with van der Waals surface area (Å²) in [7, 11) is 1.36. The molecular weight excluding hydrogens is 401 g/mol. The van der Waals surface area contributed by atoms with E-state index in [-0.39, 0.29) is 28.8 Å². The quantitative estimate of drug-likeness (QED) is 0.546. The van der Waals surface area contributed by atoms with Gasteiger partial charge in [-0.05, 0) is 37.1 Å². The predicted molar refractivity (Wildman–Crippen MR) is 93.7 cm³/mol. The lowest BCUT2D eigenvalue weighted by molar-refractivity contribution is -0.693. The van der Waals surface area contributed by atoms with Gasteiger partial charge in [-0.15, -0.1) is 0 Å². The minimum absolute atomic E-state index is 0. The van der Waals surface area contributed by atoms with Gasteiger partial charge in [0, 0.05) is 12.0 Å². The molecule has 4 nitrogen and oxygen atoms in total. The van der Waals surface area contributed by atoms with Crippen LogP contribution < -0.4 is 22.3 Å². The molecule has 0 aliphatic rings. The van der Waals surface area contributed by atoms with Gasteiger partial charge in [0.25, 0.3) is 0 Å². The van der Waals surface area contributed by atoms with Gasteiger partial charge < -0.3 is 32.1 Å². The number of rotatable bonds is 8. The van der Waals surface area contributed by atoms with Gasteiger partial charge in [-0.1, -0.05) is 30.3 Å². The molecule has 0 bridgehead atoms. The number of benzene rings is 2. The zero-order valence-corrected chi connectivity index (χ0v) is 16.6. The van der Waals surface area contributed by atoms with E-state index >= 15 is 0 Å². The van der Waals surface area contributed by atoms with E-state index in [1.54, 1.807) is 30.3 Å². The Morgan fingerprint density at radius 1 is 1.19 bits per heavy atom. The number of aliphatic hydroxyl groups excluding tert-OH is 1. The summed E-state index contributed by atoms with van der Waals surface area (Å²) in [5.74, 6) is -0.711. The largest absolute Gasteiger partial charge is 1.00 e. The first kappa shape index (κ1) is 22.3. The van der Waals surface area contributed by atoms with Crippen molar-refractivity contribution < 1.29 is 41.3 Å². The van der Waals surface area contributed by atoms with Crippen LogP contribution in [0.2, 0.25) is 0 Å². The molecule has 2 aromatic carbocycles. The SMILES string of the molecule is COC(=O)c1ccc(CC[C@@H](C)[NH2+]C[C@H](O)c2ccccc2F)cc1.[Br-]. The van der Waals surface area contributed by atoms with Crippen LogP contribution >= 0.6 is 0 Å². The molecule has 0 aliphatic heterocycles. The van der Waals surface area contributed by atoms with Crippen LogP contribution in [0.25, 0.3) is 0 Å². The Balaban J connectivity index is 0.00000338. The van der Waals surface area contributed by atoms with Crippen molar-refractivity contribution in [3.8, 4) is 0 Å². The van der Waals surface area contributed by atoms with Crippen molar-refractivity contribution in [3.63, 3.8) is 0 Å². The van der Waals surface area contributed by atoms with Crippen molar-refractivity contribution in [2.75, 3.05) is 13.7 Å². The second-order valence-electron chi connectivity index (χ2n) is 6.21. The highest BCUT2D eigenvalue weighted by atomic mass is 79.9. The molecule has 0 unspecified atom stereocenters. The third-order valence-corrected chi connectivity index (χ3v) is 4.29. The maximum Gasteiger partial charge on any atom is 0.337 e. The van der Waals surface area contributed by atoms with Crippen LogP contribution in [0.1, 0.15) is 40.9 Å². The highest BCUT2D eigenvalue weighted by molar-refractivity contribution is 5.89. The first-order chi connectivity index (χ1) is 12.0. The van der Waals surface area contributed by atoms with Crippen molar-refractivity contribution in [1.82, 2.24) is 0 Å². The summed E-state index contributed by atoms with van der Waals surface area (Å²) in [6.45, 7) is 2.50. The van der Waals surface area contributed by atoms with Gasteiger partial charge in [-0.3, -0.25) is 0 Å². The Morgan fingerprint density at radius 3 is 2.46 bits per heavy atom. The van der Waals surface area contributed by atoms with Crippen molar-refractivity contribution >= 4 is 5.97 Å². The molecule has 142 valence electrons. The van der Waals surface area contributed by atoms with Crippen LogP contribution in [0.4, 0.5) is 4.39 Å². The number of methoxy groups -OCH3 is 1. The molecular formula is C20H25BrFNO3. The number of quaternary nitrogens is 1. The number of aryl methyl sites for hydroxylation is 1. The Kier molecular flexibility index (Phi) is 9.48. The number of carbonyl (C=O) groups excluding carboxylic acids is 1. The smallest absolute Gasteiger partial charge is 0.337 e. The molecule has 2 rings (SSSR count). The maximum absolute atomic E-state index is 13.6. The number of halogens is 2. The van der Waals surface area contributed by atoms with E-state index < -0.39 is 6.10 Å². The average Bonchev–Trinajstić information content (AvgIpc) is 2.64. The Bertz CT molecular complexity index is 694. The second kappa shape index (κ2) is 11.1. The van der Waals surface area contributed by atoms with Crippen molar-refractivity contribution in [2.24, 2.45) is 0 Å². The number of carbonyl (C=O) groups is 1. The minimum Gasteiger partial charge on any atom is -1.00 e. The topological polar surface area (TPSA) is 63.1 Å². The van der Waals surface area contributed by atoms with Gasteiger partial charge in [0.05, 0.1) is 18.7 Å². The third-order valence-electron chi connectivity index (χ3n) is 4.29. The number of hydrogen-bond acceptors (Lipinski definition) is 3. The molecule has 0 fully saturated rings. The van der Waals surface area contributed by atoms with E-state index in [0.717, 1.165) is 18.4 Å². The Labute approximate surface area is 164 Å². The fraction of sp³-hybridized carbons (Fsp3) is 0.350. The van der Waals surface area contributed by atoms with E-state index in [2.05, 4.69) is 11.7 Å². The highest BCUT2D eigenvalue weighted by Crippen LogP contribution is 2.14. The monoisotopic (exact) mass is 425 g/mol. The van der Waals surface area contributed by atoms with Crippen LogP contribution in [0, 0.1) is 5.82 Å². The number of esters is 1. The highest BCUT2D eigenvalue weighted by Gasteiger charge is 2.16. The van der Waals surface area contributed by atoms with Crippen molar-refractivity contribution in [2.45, 2.75) is 31.9 Å². The second-order valence-corrected chi connectivity index (χ2v) is 6.21. The molecule has 2 atom stereocenters. The van der Waals surface area contributed by atoms with Crippen LogP contribution in [-0.2, 0) is 11.2 Å². The predicted octanol–water partition coefficient (Wildman–Crippen LogP) is -0.766. The van der Waals surface area contributed by atoms with E-state index in [9.17, 15) is 14.3 Å². The molecule has 0 saturated carbocycles. The first-order valence-electron chi connectivity index (χ1n) is 8.44.